The topological polar surface area (TPSA) is 41.6 Å². The first-order valence-corrected chi connectivity index (χ1v) is 9.07. The molecule has 0 heterocycles. The average molecular weight is 332 g/mol. The number of hydrogen-bond acceptors (Lipinski definition) is 2. The van der Waals surface area contributed by atoms with Gasteiger partial charge in [0.1, 0.15) is 0 Å². The van der Waals surface area contributed by atoms with E-state index in [0.717, 1.165) is 24.0 Å². The van der Waals surface area contributed by atoms with E-state index in [9.17, 15) is 4.79 Å². The number of nitrogens with one attached hydrogen (secondary N) is 1. The first-order valence-electron chi connectivity index (χ1n) is 9.07. The highest BCUT2D eigenvalue weighted by Crippen LogP contribution is 2.21. The van der Waals surface area contributed by atoms with Crippen LogP contribution in [0.5, 0.6) is 0 Å². The van der Waals surface area contributed by atoms with Crippen LogP contribution >= 0.6 is 0 Å². The minimum atomic E-state index is -0.146. The molecular weight excluding hydrogens is 300 g/mol. The molecule has 4 heteroatoms. The number of nitrogens with zero attached hydrogens (tertiary/aromatic N) is 1. The molecule has 24 heavy (non-hydrogen) atoms. The van der Waals surface area contributed by atoms with Gasteiger partial charge >= 0.3 is 6.03 Å². The Hall–Kier alpha value is -1.55. The average Bonchev–Trinajstić information content (AvgIpc) is 2.58. The Morgan fingerprint density at radius 2 is 1.88 bits per heavy atom. The molecule has 0 spiro atoms. The molecule has 2 rings (SSSR count). The third-order valence-electron chi connectivity index (χ3n) is 4.55. The van der Waals surface area contributed by atoms with E-state index in [4.69, 9.17) is 4.74 Å². The third-order valence-corrected chi connectivity index (χ3v) is 4.55. The van der Waals surface area contributed by atoms with Crippen LogP contribution in [0.15, 0.2) is 24.3 Å². The van der Waals surface area contributed by atoms with Gasteiger partial charge in [0, 0.05) is 19.6 Å². The number of urea groups is 1. The molecule has 0 aromatic heterocycles. The van der Waals surface area contributed by atoms with Gasteiger partial charge in [0.15, 0.2) is 0 Å². The molecule has 4 nitrogen and oxygen atoms in total. The molecule has 1 aliphatic carbocycles. The van der Waals surface area contributed by atoms with E-state index >= 15 is 0 Å². The predicted octanol–water partition coefficient (Wildman–Crippen LogP) is 4.48. The molecule has 134 valence electrons. The van der Waals surface area contributed by atoms with Crippen LogP contribution in [-0.4, -0.2) is 29.6 Å². The van der Waals surface area contributed by atoms with Gasteiger partial charge in [0.2, 0.25) is 0 Å². The predicted molar refractivity (Wildman–Crippen MR) is 97.9 cm³/mol. The highest BCUT2D eigenvalue weighted by atomic mass is 16.5. The van der Waals surface area contributed by atoms with Crippen LogP contribution in [0.3, 0.4) is 0 Å². The van der Waals surface area contributed by atoms with Gasteiger partial charge in [-0.25, -0.2) is 4.79 Å². The second kappa shape index (κ2) is 8.52. The molecule has 1 N–H and O–H groups in total. The van der Waals surface area contributed by atoms with Crippen LogP contribution in [0.25, 0.3) is 0 Å². The Kier molecular flexibility index (Phi) is 6.67. The molecular formula is C20H32N2O2. The lowest BCUT2D eigenvalue weighted by molar-refractivity contribution is -0.0149. The van der Waals surface area contributed by atoms with Gasteiger partial charge in [-0.15, -0.1) is 0 Å². The highest BCUT2D eigenvalue weighted by Gasteiger charge is 2.21. The summed E-state index contributed by atoms with van der Waals surface area (Å²) in [6, 6.07) is 8.65. The molecule has 1 saturated carbocycles. The minimum absolute atomic E-state index is 0.0262. The molecule has 0 saturated heterocycles. The van der Waals surface area contributed by atoms with Crippen LogP contribution in [0.2, 0.25) is 0 Å². The van der Waals surface area contributed by atoms with Crippen LogP contribution in [0.4, 0.5) is 4.79 Å². The standard InChI is InChI=1S/C20H32N2O2/c1-20(2,3)24-15-17-10-8-9-16(13-17)14-21-19(23)22(4)18-11-6-5-7-12-18/h8-10,13,18H,5-7,11-12,14-15H2,1-4H3,(H,21,23). The zero-order chi connectivity index (χ0) is 17.6. The Morgan fingerprint density at radius 3 is 2.54 bits per heavy atom. The first-order chi connectivity index (χ1) is 11.3. The maximum atomic E-state index is 12.3. The number of amides is 2. The van der Waals surface area contributed by atoms with Gasteiger partial charge < -0.3 is 15.0 Å². The monoisotopic (exact) mass is 332 g/mol. The van der Waals surface area contributed by atoms with E-state index in [1.807, 2.05) is 24.1 Å². The largest absolute Gasteiger partial charge is 0.371 e. The fraction of sp³-hybridized carbons (Fsp3) is 0.650. The van der Waals surface area contributed by atoms with Crippen molar-refractivity contribution in [2.24, 2.45) is 0 Å². The molecule has 1 aliphatic rings. The zero-order valence-electron chi connectivity index (χ0n) is 15.6. The van der Waals surface area contributed by atoms with Crippen LogP contribution < -0.4 is 5.32 Å². The molecule has 1 aromatic carbocycles. The van der Waals surface area contributed by atoms with Crippen molar-refractivity contribution in [3.05, 3.63) is 35.4 Å². The number of hydrogen-bond donors (Lipinski definition) is 1. The number of carbonyl (C=O) groups excluding carboxylic acids is 1. The fourth-order valence-corrected chi connectivity index (χ4v) is 3.07. The Labute approximate surface area is 146 Å². The van der Waals surface area contributed by atoms with E-state index in [1.54, 1.807) is 0 Å². The summed E-state index contributed by atoms with van der Waals surface area (Å²) in [7, 11) is 1.92. The molecule has 0 unspecified atom stereocenters. The van der Waals surface area contributed by atoms with Crippen LogP contribution in [-0.2, 0) is 17.9 Å². The normalized spacial score (nSPS) is 16.0. The molecule has 0 atom stereocenters. The van der Waals surface area contributed by atoms with Gasteiger partial charge in [-0.1, -0.05) is 43.5 Å². The van der Waals surface area contributed by atoms with E-state index < -0.39 is 0 Å². The van der Waals surface area contributed by atoms with Gasteiger partial charge in [-0.2, -0.15) is 0 Å². The van der Waals surface area contributed by atoms with Gasteiger partial charge in [-0.3, -0.25) is 0 Å². The van der Waals surface area contributed by atoms with E-state index in [-0.39, 0.29) is 11.6 Å². The Balaban J connectivity index is 1.83. The number of ether oxygens (including phenoxy) is 1. The number of rotatable bonds is 5. The number of carbonyl (C=O) groups is 1. The van der Waals surface area contributed by atoms with Crippen molar-refractivity contribution < 1.29 is 9.53 Å². The van der Waals surface area contributed by atoms with Crippen molar-refractivity contribution in [1.82, 2.24) is 10.2 Å². The van der Waals surface area contributed by atoms with E-state index in [2.05, 4.69) is 38.2 Å². The maximum absolute atomic E-state index is 12.3. The summed E-state index contributed by atoms with van der Waals surface area (Å²) in [5, 5.41) is 3.04. The van der Waals surface area contributed by atoms with Crippen LogP contribution in [0, 0.1) is 0 Å². The molecule has 0 radical (unpaired) electrons. The summed E-state index contributed by atoms with van der Waals surface area (Å²) in [4.78, 5) is 14.2. The minimum Gasteiger partial charge on any atom is -0.371 e. The van der Waals surface area contributed by atoms with Crippen molar-refractivity contribution in [3.63, 3.8) is 0 Å². The fourth-order valence-electron chi connectivity index (χ4n) is 3.07. The van der Waals surface area contributed by atoms with Crippen molar-refractivity contribution in [2.75, 3.05) is 7.05 Å². The second-order valence-electron chi connectivity index (χ2n) is 7.78. The van der Waals surface area contributed by atoms with E-state index in [0.29, 0.717) is 19.2 Å². The van der Waals surface area contributed by atoms with Gasteiger partial charge in [0.05, 0.1) is 12.2 Å². The second-order valence-corrected chi connectivity index (χ2v) is 7.78. The highest BCUT2D eigenvalue weighted by molar-refractivity contribution is 5.74. The summed E-state index contributed by atoms with van der Waals surface area (Å²) < 4.78 is 5.82. The number of benzene rings is 1. The maximum Gasteiger partial charge on any atom is 0.317 e. The van der Waals surface area contributed by atoms with Crippen molar-refractivity contribution in [1.29, 1.82) is 0 Å². The molecule has 0 aliphatic heterocycles. The van der Waals surface area contributed by atoms with Crippen LogP contribution in [0.1, 0.15) is 64.0 Å². The quantitative estimate of drug-likeness (QED) is 0.864. The Bertz CT molecular complexity index is 531. The summed E-state index contributed by atoms with van der Waals surface area (Å²) in [5.74, 6) is 0. The smallest absolute Gasteiger partial charge is 0.317 e. The summed E-state index contributed by atoms with van der Waals surface area (Å²) >= 11 is 0. The Morgan fingerprint density at radius 1 is 1.21 bits per heavy atom. The summed E-state index contributed by atoms with van der Waals surface area (Å²) in [6.45, 7) is 7.31. The molecule has 2 amide bonds. The van der Waals surface area contributed by atoms with Gasteiger partial charge in [-0.05, 0) is 44.7 Å². The summed E-state index contributed by atoms with van der Waals surface area (Å²) in [5.41, 5.74) is 2.10. The van der Waals surface area contributed by atoms with Crippen molar-refractivity contribution in [3.8, 4) is 0 Å². The van der Waals surface area contributed by atoms with Crippen molar-refractivity contribution in [2.45, 2.75) is 77.7 Å². The molecule has 1 fully saturated rings. The zero-order valence-corrected chi connectivity index (χ0v) is 15.6. The van der Waals surface area contributed by atoms with Gasteiger partial charge in [0.25, 0.3) is 0 Å². The lowest BCUT2D eigenvalue weighted by Gasteiger charge is -2.31. The lowest BCUT2D eigenvalue weighted by atomic mass is 9.95. The lowest BCUT2D eigenvalue weighted by Crippen LogP contribution is -2.44. The first kappa shape index (κ1) is 18.8. The molecule has 1 aromatic rings. The molecule has 0 bridgehead atoms. The van der Waals surface area contributed by atoms with Crippen molar-refractivity contribution >= 4 is 6.03 Å². The third kappa shape index (κ3) is 6.16. The summed E-state index contributed by atoms with van der Waals surface area (Å²) in [6.07, 6.45) is 6.03. The van der Waals surface area contributed by atoms with E-state index in [1.165, 1.54) is 19.3 Å². The SMILES string of the molecule is CN(C(=O)NCc1cccc(COC(C)(C)C)c1)C1CCCCC1.